The van der Waals surface area contributed by atoms with E-state index in [0.717, 1.165) is 36.0 Å². The van der Waals surface area contributed by atoms with E-state index in [2.05, 4.69) is 67.2 Å². The fourth-order valence-corrected chi connectivity index (χ4v) is 2.46. The molecule has 4 nitrogen and oxygen atoms in total. The van der Waals surface area contributed by atoms with Gasteiger partial charge in [0, 0.05) is 31.3 Å². The standard InChI is InChI=1S/C17H24N4/c1-6-15-19-16(18-5)13(4)17(20-15)21(7-2)14-10-8-9-12(3)11-14/h8-11H,6-7H2,1-5H3,(H,18,19,20). The number of aryl methyl sites for hydroxylation is 2. The van der Waals surface area contributed by atoms with Crippen molar-refractivity contribution < 1.29 is 0 Å². The van der Waals surface area contributed by atoms with Crippen molar-refractivity contribution in [1.82, 2.24) is 9.97 Å². The largest absolute Gasteiger partial charge is 0.373 e. The molecule has 0 aliphatic carbocycles. The van der Waals surface area contributed by atoms with Gasteiger partial charge in [-0.1, -0.05) is 19.1 Å². The summed E-state index contributed by atoms with van der Waals surface area (Å²) in [5, 5.41) is 3.17. The third-order valence-corrected chi connectivity index (χ3v) is 3.60. The second-order valence-corrected chi connectivity index (χ2v) is 5.12. The minimum atomic E-state index is 0.827. The van der Waals surface area contributed by atoms with Crippen LogP contribution in [0.15, 0.2) is 24.3 Å². The van der Waals surface area contributed by atoms with Crippen molar-refractivity contribution in [3.63, 3.8) is 0 Å². The maximum atomic E-state index is 4.75. The summed E-state index contributed by atoms with van der Waals surface area (Å²) < 4.78 is 0. The van der Waals surface area contributed by atoms with E-state index in [1.807, 2.05) is 7.05 Å². The van der Waals surface area contributed by atoms with Gasteiger partial charge in [-0.2, -0.15) is 0 Å². The number of nitrogens with one attached hydrogen (secondary N) is 1. The lowest BCUT2D eigenvalue weighted by atomic mass is 10.2. The molecular formula is C17H24N4. The van der Waals surface area contributed by atoms with E-state index in [9.17, 15) is 0 Å². The van der Waals surface area contributed by atoms with Gasteiger partial charge in [0.05, 0.1) is 0 Å². The van der Waals surface area contributed by atoms with Gasteiger partial charge in [0.15, 0.2) is 0 Å². The van der Waals surface area contributed by atoms with Crippen LogP contribution in [0.4, 0.5) is 17.3 Å². The molecule has 1 heterocycles. The molecule has 2 aromatic rings. The van der Waals surface area contributed by atoms with Crippen LogP contribution in [-0.2, 0) is 6.42 Å². The fraction of sp³-hybridized carbons (Fsp3) is 0.412. The Kier molecular flexibility index (Phi) is 4.78. The third-order valence-electron chi connectivity index (χ3n) is 3.60. The average molecular weight is 284 g/mol. The number of rotatable bonds is 5. The molecule has 0 radical (unpaired) electrons. The van der Waals surface area contributed by atoms with Crippen LogP contribution in [0.25, 0.3) is 0 Å². The first-order chi connectivity index (χ1) is 10.1. The Labute approximate surface area is 127 Å². The molecule has 0 fully saturated rings. The normalized spacial score (nSPS) is 10.5. The van der Waals surface area contributed by atoms with Gasteiger partial charge in [0.2, 0.25) is 0 Å². The number of nitrogens with zero attached hydrogens (tertiary/aromatic N) is 3. The van der Waals surface area contributed by atoms with E-state index in [1.54, 1.807) is 0 Å². The van der Waals surface area contributed by atoms with Gasteiger partial charge in [-0.05, 0) is 38.5 Å². The summed E-state index contributed by atoms with van der Waals surface area (Å²) in [6.45, 7) is 9.28. The maximum absolute atomic E-state index is 4.75. The molecule has 0 bridgehead atoms. The first-order valence-electron chi connectivity index (χ1n) is 7.50. The van der Waals surface area contributed by atoms with Gasteiger partial charge in [-0.25, -0.2) is 9.97 Å². The maximum Gasteiger partial charge on any atom is 0.141 e. The third kappa shape index (κ3) is 3.15. The molecule has 0 spiro atoms. The number of hydrogen-bond acceptors (Lipinski definition) is 4. The summed E-state index contributed by atoms with van der Waals surface area (Å²) in [6, 6.07) is 8.52. The SMILES string of the molecule is CCc1nc(NC)c(C)c(N(CC)c2cccc(C)c2)n1. The van der Waals surface area contributed by atoms with Gasteiger partial charge in [-0.3, -0.25) is 0 Å². The summed E-state index contributed by atoms with van der Waals surface area (Å²) in [6.07, 6.45) is 0.827. The first kappa shape index (κ1) is 15.3. The molecule has 0 amide bonds. The molecule has 2 rings (SSSR count). The van der Waals surface area contributed by atoms with E-state index in [0.29, 0.717) is 0 Å². The molecule has 0 aliphatic heterocycles. The number of hydrogen-bond donors (Lipinski definition) is 1. The monoisotopic (exact) mass is 284 g/mol. The Morgan fingerprint density at radius 1 is 1.14 bits per heavy atom. The number of benzene rings is 1. The average Bonchev–Trinajstić information content (AvgIpc) is 2.49. The van der Waals surface area contributed by atoms with Crippen LogP contribution in [0.3, 0.4) is 0 Å². The van der Waals surface area contributed by atoms with Crippen molar-refractivity contribution in [2.75, 3.05) is 23.8 Å². The van der Waals surface area contributed by atoms with Crippen molar-refractivity contribution in [1.29, 1.82) is 0 Å². The number of aromatic nitrogens is 2. The molecule has 1 N–H and O–H groups in total. The van der Waals surface area contributed by atoms with E-state index in [1.165, 1.54) is 11.3 Å². The molecule has 0 saturated heterocycles. The molecule has 1 aromatic carbocycles. The van der Waals surface area contributed by atoms with Gasteiger partial charge < -0.3 is 10.2 Å². The zero-order valence-electron chi connectivity index (χ0n) is 13.6. The quantitative estimate of drug-likeness (QED) is 0.905. The Balaban J connectivity index is 2.56. The van der Waals surface area contributed by atoms with Crippen LogP contribution in [0.5, 0.6) is 0 Å². The molecule has 112 valence electrons. The Hall–Kier alpha value is -2.10. The highest BCUT2D eigenvalue weighted by Crippen LogP contribution is 2.30. The van der Waals surface area contributed by atoms with E-state index >= 15 is 0 Å². The molecular weight excluding hydrogens is 260 g/mol. The summed E-state index contributed by atoms with van der Waals surface area (Å²) in [4.78, 5) is 11.5. The van der Waals surface area contributed by atoms with Crippen LogP contribution < -0.4 is 10.2 Å². The fourth-order valence-electron chi connectivity index (χ4n) is 2.46. The summed E-state index contributed by atoms with van der Waals surface area (Å²) in [5.74, 6) is 2.76. The van der Waals surface area contributed by atoms with Gasteiger partial charge in [0.25, 0.3) is 0 Å². The van der Waals surface area contributed by atoms with Crippen LogP contribution in [-0.4, -0.2) is 23.6 Å². The zero-order chi connectivity index (χ0) is 15.4. The topological polar surface area (TPSA) is 41.1 Å². The van der Waals surface area contributed by atoms with Crippen LogP contribution >= 0.6 is 0 Å². The first-order valence-corrected chi connectivity index (χ1v) is 7.50. The highest BCUT2D eigenvalue weighted by Gasteiger charge is 2.16. The number of anilines is 3. The van der Waals surface area contributed by atoms with Crippen molar-refractivity contribution in [3.05, 3.63) is 41.2 Å². The molecule has 0 saturated carbocycles. The van der Waals surface area contributed by atoms with Gasteiger partial charge in [-0.15, -0.1) is 0 Å². The van der Waals surface area contributed by atoms with Crippen LogP contribution in [0.1, 0.15) is 30.8 Å². The molecule has 0 unspecified atom stereocenters. The van der Waals surface area contributed by atoms with Gasteiger partial charge in [0.1, 0.15) is 17.5 Å². The van der Waals surface area contributed by atoms with Crippen molar-refractivity contribution in [2.24, 2.45) is 0 Å². The minimum Gasteiger partial charge on any atom is -0.373 e. The highest BCUT2D eigenvalue weighted by molar-refractivity contribution is 5.67. The van der Waals surface area contributed by atoms with Crippen molar-refractivity contribution in [2.45, 2.75) is 34.1 Å². The molecule has 0 aliphatic rings. The second kappa shape index (κ2) is 6.57. The van der Waals surface area contributed by atoms with E-state index < -0.39 is 0 Å². The molecule has 0 atom stereocenters. The highest BCUT2D eigenvalue weighted by atomic mass is 15.2. The minimum absolute atomic E-state index is 0.827. The second-order valence-electron chi connectivity index (χ2n) is 5.12. The lowest BCUT2D eigenvalue weighted by molar-refractivity contribution is 0.893. The zero-order valence-corrected chi connectivity index (χ0v) is 13.6. The van der Waals surface area contributed by atoms with Gasteiger partial charge >= 0.3 is 0 Å². The predicted octanol–water partition coefficient (Wildman–Crippen LogP) is 3.86. The lowest BCUT2D eigenvalue weighted by Gasteiger charge is -2.25. The predicted molar refractivity (Wildman–Crippen MR) is 89.6 cm³/mol. The lowest BCUT2D eigenvalue weighted by Crippen LogP contribution is -2.20. The van der Waals surface area contributed by atoms with E-state index in [-0.39, 0.29) is 0 Å². The smallest absolute Gasteiger partial charge is 0.141 e. The summed E-state index contributed by atoms with van der Waals surface area (Å²) >= 11 is 0. The Bertz CT molecular complexity index is 622. The molecule has 4 heteroatoms. The Morgan fingerprint density at radius 2 is 1.90 bits per heavy atom. The van der Waals surface area contributed by atoms with Crippen LogP contribution in [0.2, 0.25) is 0 Å². The van der Waals surface area contributed by atoms with Crippen LogP contribution in [0, 0.1) is 13.8 Å². The molecule has 1 aromatic heterocycles. The van der Waals surface area contributed by atoms with Crippen molar-refractivity contribution in [3.8, 4) is 0 Å². The Morgan fingerprint density at radius 3 is 2.48 bits per heavy atom. The summed E-state index contributed by atoms with van der Waals surface area (Å²) in [5.41, 5.74) is 3.50. The summed E-state index contributed by atoms with van der Waals surface area (Å²) in [7, 11) is 1.90. The van der Waals surface area contributed by atoms with Crippen molar-refractivity contribution >= 4 is 17.3 Å². The van der Waals surface area contributed by atoms with E-state index in [4.69, 9.17) is 4.98 Å². The molecule has 21 heavy (non-hydrogen) atoms.